The van der Waals surface area contributed by atoms with E-state index in [-0.39, 0.29) is 17.9 Å². The molecular weight excluding hydrogens is 436 g/mol. The molecule has 4 fully saturated rings. The van der Waals surface area contributed by atoms with E-state index in [1.165, 1.54) is 70.6 Å². The van der Waals surface area contributed by atoms with Crippen LogP contribution in [0.15, 0.2) is 0 Å². The molecule has 4 rings (SSSR count). The molecule has 3 saturated carbocycles. The smallest absolute Gasteiger partial charge is 0.240 e. The highest BCUT2D eigenvalue weighted by molar-refractivity contribution is 5.89. The minimum atomic E-state index is -0.417. The van der Waals surface area contributed by atoms with Gasteiger partial charge in [-0.05, 0) is 88.5 Å². The number of nitrogens with zero attached hydrogens (tertiary/aromatic N) is 2. The van der Waals surface area contributed by atoms with Crippen molar-refractivity contribution in [3.63, 3.8) is 0 Å². The first kappa shape index (κ1) is 26.9. The van der Waals surface area contributed by atoms with Gasteiger partial charge in [-0.1, -0.05) is 51.4 Å². The van der Waals surface area contributed by atoms with Crippen molar-refractivity contribution < 1.29 is 9.59 Å². The fourth-order valence-electron chi connectivity index (χ4n) is 7.56. The number of hydrogen-bond acceptors (Lipinski definition) is 4. The summed E-state index contributed by atoms with van der Waals surface area (Å²) in [5.74, 6) is 1.92. The zero-order valence-corrected chi connectivity index (χ0v) is 22.2. The Labute approximate surface area is 213 Å². The quantitative estimate of drug-likeness (QED) is 0.470. The summed E-state index contributed by atoms with van der Waals surface area (Å²) in [5.41, 5.74) is 12.0. The molecule has 200 valence electrons. The molecule has 0 aromatic heterocycles. The Hall–Kier alpha value is -1.14. The number of carbonyl (C=O) groups excluding carboxylic acids is 2. The summed E-state index contributed by atoms with van der Waals surface area (Å²) in [7, 11) is 0. The fourth-order valence-corrected chi connectivity index (χ4v) is 7.56. The molecular formula is C29H52N4O2. The SMILES string of the molecule is NC(=O)[C@@H]1CCCN1C(=O)[C@@H](CC1CCC(N)CC1)N(CCC1CCCCC1)CC1CCCCC1. The van der Waals surface area contributed by atoms with Crippen LogP contribution in [0, 0.1) is 17.8 Å². The average Bonchev–Trinajstić information content (AvgIpc) is 3.38. The van der Waals surface area contributed by atoms with E-state index in [1.54, 1.807) is 0 Å². The summed E-state index contributed by atoms with van der Waals surface area (Å²) in [6.45, 7) is 2.75. The summed E-state index contributed by atoms with van der Waals surface area (Å²) in [5, 5.41) is 0. The number of rotatable bonds is 10. The Morgan fingerprint density at radius 2 is 1.40 bits per heavy atom. The molecule has 6 heteroatoms. The number of hydrogen-bond donors (Lipinski definition) is 2. The summed E-state index contributed by atoms with van der Waals surface area (Å²) in [6.07, 6.45) is 21.6. The number of amides is 2. The van der Waals surface area contributed by atoms with Gasteiger partial charge in [-0.3, -0.25) is 14.5 Å². The van der Waals surface area contributed by atoms with E-state index in [1.807, 2.05) is 4.90 Å². The Kier molecular flexibility index (Phi) is 10.3. The van der Waals surface area contributed by atoms with Gasteiger partial charge in [0.25, 0.3) is 0 Å². The monoisotopic (exact) mass is 488 g/mol. The highest BCUT2D eigenvalue weighted by Gasteiger charge is 2.40. The fraction of sp³-hybridized carbons (Fsp3) is 0.931. The number of nitrogens with two attached hydrogens (primary N) is 2. The molecule has 0 spiro atoms. The van der Waals surface area contributed by atoms with Gasteiger partial charge in [0.15, 0.2) is 0 Å². The summed E-state index contributed by atoms with van der Waals surface area (Å²) in [4.78, 5) is 30.8. The van der Waals surface area contributed by atoms with E-state index in [0.29, 0.717) is 24.4 Å². The second-order valence-corrected chi connectivity index (χ2v) is 12.4. The predicted octanol–water partition coefficient (Wildman–Crippen LogP) is 4.59. The predicted molar refractivity (Wildman–Crippen MR) is 142 cm³/mol. The molecule has 0 aromatic rings. The second kappa shape index (κ2) is 13.4. The maximum Gasteiger partial charge on any atom is 0.240 e. The largest absolute Gasteiger partial charge is 0.368 e. The van der Waals surface area contributed by atoms with E-state index < -0.39 is 6.04 Å². The third-order valence-electron chi connectivity index (χ3n) is 9.80. The van der Waals surface area contributed by atoms with Crippen LogP contribution in [0.4, 0.5) is 0 Å². The normalized spacial score (nSPS) is 30.0. The Bertz CT molecular complexity index is 666. The first-order valence-corrected chi connectivity index (χ1v) is 15.1. The molecule has 0 unspecified atom stereocenters. The number of primary amides is 1. The Morgan fingerprint density at radius 1 is 0.771 bits per heavy atom. The van der Waals surface area contributed by atoms with E-state index in [0.717, 1.165) is 64.0 Å². The minimum Gasteiger partial charge on any atom is -0.368 e. The summed E-state index contributed by atoms with van der Waals surface area (Å²) >= 11 is 0. The van der Waals surface area contributed by atoms with E-state index in [2.05, 4.69) is 4.90 Å². The van der Waals surface area contributed by atoms with Crippen molar-refractivity contribution in [1.29, 1.82) is 0 Å². The molecule has 0 bridgehead atoms. The van der Waals surface area contributed by atoms with Gasteiger partial charge in [-0.25, -0.2) is 0 Å². The van der Waals surface area contributed by atoms with Crippen LogP contribution in [0.3, 0.4) is 0 Å². The topological polar surface area (TPSA) is 92.7 Å². The van der Waals surface area contributed by atoms with E-state index in [9.17, 15) is 9.59 Å². The number of carbonyl (C=O) groups is 2. The van der Waals surface area contributed by atoms with Crippen molar-refractivity contribution in [2.45, 2.75) is 134 Å². The lowest BCUT2D eigenvalue weighted by atomic mass is 9.81. The molecule has 1 saturated heterocycles. The second-order valence-electron chi connectivity index (χ2n) is 12.4. The third kappa shape index (κ3) is 7.67. The van der Waals surface area contributed by atoms with Crippen LogP contribution in [-0.2, 0) is 9.59 Å². The van der Waals surface area contributed by atoms with Crippen LogP contribution in [0.5, 0.6) is 0 Å². The lowest BCUT2D eigenvalue weighted by Crippen LogP contribution is -2.54. The highest BCUT2D eigenvalue weighted by Crippen LogP contribution is 2.33. The molecule has 0 aromatic carbocycles. The van der Waals surface area contributed by atoms with Gasteiger partial charge in [0, 0.05) is 19.1 Å². The van der Waals surface area contributed by atoms with Crippen LogP contribution in [-0.4, -0.2) is 59.4 Å². The standard InChI is InChI=1S/C29H52N4O2/c30-25-15-13-23(14-16-25)20-27(29(35)33-18-7-12-26(33)28(31)34)32(21-24-10-5-2-6-11-24)19-17-22-8-3-1-4-9-22/h22-27H,1-21,30H2,(H2,31,34)/t23?,25?,26-,27+/m0/s1. The highest BCUT2D eigenvalue weighted by atomic mass is 16.2. The van der Waals surface area contributed by atoms with Crippen LogP contribution >= 0.6 is 0 Å². The van der Waals surface area contributed by atoms with Gasteiger partial charge in [0.05, 0.1) is 6.04 Å². The van der Waals surface area contributed by atoms with Crippen LogP contribution < -0.4 is 11.5 Å². The average molecular weight is 489 g/mol. The van der Waals surface area contributed by atoms with Gasteiger partial charge in [-0.15, -0.1) is 0 Å². The van der Waals surface area contributed by atoms with Crippen molar-refractivity contribution in [3.8, 4) is 0 Å². The van der Waals surface area contributed by atoms with E-state index >= 15 is 0 Å². The van der Waals surface area contributed by atoms with Gasteiger partial charge >= 0.3 is 0 Å². The lowest BCUT2D eigenvalue weighted by Gasteiger charge is -2.40. The molecule has 2 amide bonds. The Balaban J connectivity index is 1.52. The molecule has 4 aliphatic rings. The molecule has 2 atom stereocenters. The maximum atomic E-state index is 14.2. The van der Waals surface area contributed by atoms with Crippen molar-refractivity contribution in [3.05, 3.63) is 0 Å². The molecule has 6 nitrogen and oxygen atoms in total. The van der Waals surface area contributed by atoms with Gasteiger partial charge in [0.2, 0.25) is 11.8 Å². The van der Waals surface area contributed by atoms with Gasteiger partial charge in [0.1, 0.15) is 6.04 Å². The summed E-state index contributed by atoms with van der Waals surface area (Å²) in [6, 6.07) is -0.206. The molecule has 4 N–H and O–H groups in total. The molecule has 1 heterocycles. The summed E-state index contributed by atoms with van der Waals surface area (Å²) < 4.78 is 0. The van der Waals surface area contributed by atoms with Crippen molar-refractivity contribution >= 4 is 11.8 Å². The van der Waals surface area contributed by atoms with Gasteiger partial charge < -0.3 is 16.4 Å². The maximum absolute atomic E-state index is 14.2. The van der Waals surface area contributed by atoms with Crippen molar-refractivity contribution in [2.24, 2.45) is 29.2 Å². The van der Waals surface area contributed by atoms with Crippen LogP contribution in [0.1, 0.15) is 116 Å². The molecule has 1 aliphatic heterocycles. The first-order valence-electron chi connectivity index (χ1n) is 15.1. The van der Waals surface area contributed by atoms with E-state index in [4.69, 9.17) is 11.5 Å². The van der Waals surface area contributed by atoms with Crippen LogP contribution in [0.2, 0.25) is 0 Å². The number of likely N-dealkylation sites (tertiary alicyclic amines) is 1. The molecule has 3 aliphatic carbocycles. The first-order chi connectivity index (χ1) is 17.0. The van der Waals surface area contributed by atoms with Crippen LogP contribution in [0.25, 0.3) is 0 Å². The zero-order chi connectivity index (χ0) is 24.6. The van der Waals surface area contributed by atoms with Crippen molar-refractivity contribution in [2.75, 3.05) is 19.6 Å². The third-order valence-corrected chi connectivity index (χ3v) is 9.80. The van der Waals surface area contributed by atoms with Gasteiger partial charge in [-0.2, -0.15) is 0 Å². The molecule has 0 radical (unpaired) electrons. The Morgan fingerprint density at radius 3 is 2.03 bits per heavy atom. The lowest BCUT2D eigenvalue weighted by molar-refractivity contribution is -0.143. The molecule has 35 heavy (non-hydrogen) atoms. The minimum absolute atomic E-state index is 0.111. The zero-order valence-electron chi connectivity index (χ0n) is 22.2. The van der Waals surface area contributed by atoms with Crippen molar-refractivity contribution in [1.82, 2.24) is 9.80 Å².